The first-order chi connectivity index (χ1) is 6.44. The highest BCUT2D eigenvalue weighted by atomic mass is 32.1. The molecule has 0 unspecified atom stereocenters. The largest absolute Gasteiger partial charge is 0.327 e. The van der Waals surface area contributed by atoms with Crippen molar-refractivity contribution in [2.75, 3.05) is 0 Å². The Morgan fingerprint density at radius 2 is 2.14 bits per heavy atom. The molecule has 0 radical (unpaired) electrons. The summed E-state index contributed by atoms with van der Waals surface area (Å²) >= 11 is 1.24. The van der Waals surface area contributed by atoms with Crippen molar-refractivity contribution in [2.45, 2.75) is 25.8 Å². The summed E-state index contributed by atoms with van der Waals surface area (Å²) in [5.74, 6) is 0.293. The van der Waals surface area contributed by atoms with Crippen LogP contribution >= 0.6 is 11.3 Å². The van der Waals surface area contributed by atoms with Crippen molar-refractivity contribution in [2.24, 2.45) is 11.1 Å². The fourth-order valence-corrected chi connectivity index (χ4v) is 2.99. The predicted octanol–water partition coefficient (Wildman–Crippen LogP) is 2.11. The molecule has 1 aliphatic carbocycles. The summed E-state index contributed by atoms with van der Waals surface area (Å²) in [6, 6.07) is 3.52. The molecule has 1 aromatic rings. The van der Waals surface area contributed by atoms with E-state index >= 15 is 0 Å². The Balaban J connectivity index is 2.24. The standard InChI is InChI=1S/C9H12N2O2S/c1-9(2)7(8(9)10)5-3-4-6(14-5)11(12)13/h3-4,7-8H,10H2,1-2H3/t7-,8-/m1/s1. The van der Waals surface area contributed by atoms with Gasteiger partial charge in [0.25, 0.3) is 0 Å². The summed E-state index contributed by atoms with van der Waals surface area (Å²) in [6.45, 7) is 4.18. The zero-order chi connectivity index (χ0) is 10.5. The van der Waals surface area contributed by atoms with Crippen LogP contribution in [0.4, 0.5) is 5.00 Å². The van der Waals surface area contributed by atoms with Crippen molar-refractivity contribution >= 4 is 16.3 Å². The lowest BCUT2D eigenvalue weighted by atomic mass is 10.1. The molecule has 1 saturated carbocycles. The van der Waals surface area contributed by atoms with Gasteiger partial charge in [0.1, 0.15) is 0 Å². The second-order valence-electron chi connectivity index (χ2n) is 4.26. The third-order valence-electron chi connectivity index (χ3n) is 3.01. The van der Waals surface area contributed by atoms with Gasteiger partial charge in [0.15, 0.2) is 0 Å². The fourth-order valence-electron chi connectivity index (χ4n) is 1.83. The van der Waals surface area contributed by atoms with Gasteiger partial charge in [-0.25, -0.2) is 0 Å². The molecule has 0 saturated heterocycles. The molecular weight excluding hydrogens is 200 g/mol. The van der Waals surface area contributed by atoms with E-state index in [2.05, 4.69) is 13.8 Å². The lowest BCUT2D eigenvalue weighted by molar-refractivity contribution is -0.380. The number of hydrogen-bond donors (Lipinski definition) is 1. The van der Waals surface area contributed by atoms with Crippen molar-refractivity contribution in [3.63, 3.8) is 0 Å². The highest BCUT2D eigenvalue weighted by molar-refractivity contribution is 7.15. The number of hydrogen-bond acceptors (Lipinski definition) is 4. The summed E-state index contributed by atoms with van der Waals surface area (Å²) < 4.78 is 0. The van der Waals surface area contributed by atoms with Crippen molar-refractivity contribution in [1.82, 2.24) is 0 Å². The van der Waals surface area contributed by atoms with Gasteiger partial charge in [-0.1, -0.05) is 25.2 Å². The second kappa shape index (κ2) is 2.77. The van der Waals surface area contributed by atoms with Crippen LogP contribution in [0.3, 0.4) is 0 Å². The number of thiophene rings is 1. The van der Waals surface area contributed by atoms with Crippen LogP contribution in [0, 0.1) is 15.5 Å². The van der Waals surface area contributed by atoms with Crippen LogP contribution in [0.1, 0.15) is 24.6 Å². The monoisotopic (exact) mass is 212 g/mol. The van der Waals surface area contributed by atoms with Crippen LogP contribution in [0.15, 0.2) is 12.1 Å². The van der Waals surface area contributed by atoms with Gasteiger partial charge in [0.05, 0.1) is 4.92 Å². The molecule has 1 fully saturated rings. The van der Waals surface area contributed by atoms with Crippen LogP contribution in [-0.4, -0.2) is 11.0 Å². The fraction of sp³-hybridized carbons (Fsp3) is 0.556. The molecule has 1 aliphatic rings. The lowest BCUT2D eigenvalue weighted by Gasteiger charge is -1.97. The SMILES string of the molecule is CC1(C)[C@H](N)[C@H]1c1ccc([N+](=O)[O-])s1. The molecule has 14 heavy (non-hydrogen) atoms. The van der Waals surface area contributed by atoms with Gasteiger partial charge >= 0.3 is 5.00 Å². The lowest BCUT2D eigenvalue weighted by Crippen LogP contribution is -2.06. The average Bonchev–Trinajstić information content (AvgIpc) is 2.55. The van der Waals surface area contributed by atoms with Gasteiger partial charge in [0, 0.05) is 22.9 Å². The van der Waals surface area contributed by atoms with Crippen molar-refractivity contribution in [3.05, 3.63) is 27.1 Å². The van der Waals surface area contributed by atoms with Crippen LogP contribution in [-0.2, 0) is 0 Å². The van der Waals surface area contributed by atoms with Crippen LogP contribution < -0.4 is 5.73 Å². The Labute approximate surface area is 85.9 Å². The third kappa shape index (κ3) is 1.24. The number of nitrogens with two attached hydrogens (primary N) is 1. The maximum absolute atomic E-state index is 10.5. The van der Waals surface area contributed by atoms with Gasteiger partial charge in [-0.2, -0.15) is 0 Å². The van der Waals surface area contributed by atoms with Crippen molar-refractivity contribution < 1.29 is 4.92 Å². The molecular formula is C9H12N2O2S. The molecule has 0 amide bonds. The maximum atomic E-state index is 10.5. The van der Waals surface area contributed by atoms with E-state index in [1.54, 1.807) is 6.07 Å². The zero-order valence-electron chi connectivity index (χ0n) is 8.06. The topological polar surface area (TPSA) is 69.2 Å². The second-order valence-corrected chi connectivity index (χ2v) is 5.35. The number of rotatable bonds is 2. The minimum atomic E-state index is -0.352. The van der Waals surface area contributed by atoms with Gasteiger partial charge in [-0.05, 0) is 11.5 Å². The van der Waals surface area contributed by atoms with E-state index in [4.69, 9.17) is 5.73 Å². The van der Waals surface area contributed by atoms with E-state index in [0.29, 0.717) is 5.92 Å². The Hall–Kier alpha value is -0.940. The Morgan fingerprint density at radius 1 is 1.57 bits per heavy atom. The molecule has 2 atom stereocenters. The Bertz CT molecular complexity index is 386. The molecule has 0 spiro atoms. The first kappa shape index (κ1) is 9.61. The van der Waals surface area contributed by atoms with Crippen molar-refractivity contribution in [3.8, 4) is 0 Å². The maximum Gasteiger partial charge on any atom is 0.324 e. The van der Waals surface area contributed by atoms with Gasteiger partial charge in [-0.3, -0.25) is 10.1 Å². The highest BCUT2D eigenvalue weighted by Gasteiger charge is 2.57. The van der Waals surface area contributed by atoms with Gasteiger partial charge in [0.2, 0.25) is 0 Å². The molecule has 1 aromatic heterocycles. The minimum absolute atomic E-state index is 0.0960. The Morgan fingerprint density at radius 3 is 2.50 bits per heavy atom. The predicted molar refractivity (Wildman–Crippen MR) is 55.5 cm³/mol. The molecule has 5 heteroatoms. The van der Waals surface area contributed by atoms with E-state index in [9.17, 15) is 10.1 Å². The van der Waals surface area contributed by atoms with E-state index < -0.39 is 0 Å². The van der Waals surface area contributed by atoms with Crippen molar-refractivity contribution in [1.29, 1.82) is 0 Å². The van der Waals surface area contributed by atoms with Crippen LogP contribution in [0.2, 0.25) is 0 Å². The van der Waals surface area contributed by atoms with Crippen LogP contribution in [0.5, 0.6) is 0 Å². The molecule has 4 nitrogen and oxygen atoms in total. The molecule has 0 bridgehead atoms. The Kier molecular flexibility index (Phi) is 1.90. The zero-order valence-corrected chi connectivity index (χ0v) is 8.88. The molecule has 2 N–H and O–H groups in total. The van der Waals surface area contributed by atoms with Gasteiger partial charge in [-0.15, -0.1) is 0 Å². The van der Waals surface area contributed by atoms with Gasteiger partial charge < -0.3 is 5.73 Å². The summed E-state index contributed by atoms with van der Waals surface area (Å²) in [5, 5.41) is 10.7. The quantitative estimate of drug-likeness (QED) is 0.603. The number of nitrogens with zero attached hydrogens (tertiary/aromatic N) is 1. The normalized spacial score (nSPS) is 28.8. The minimum Gasteiger partial charge on any atom is -0.327 e. The molecule has 0 aromatic carbocycles. The molecule has 1 heterocycles. The van der Waals surface area contributed by atoms with Crippen LogP contribution in [0.25, 0.3) is 0 Å². The molecule has 76 valence electrons. The van der Waals surface area contributed by atoms with E-state index in [-0.39, 0.29) is 21.4 Å². The summed E-state index contributed by atoms with van der Waals surface area (Å²) in [4.78, 5) is 11.2. The molecule has 2 rings (SSSR count). The first-order valence-electron chi connectivity index (χ1n) is 4.44. The summed E-state index contributed by atoms with van der Waals surface area (Å²) in [5.41, 5.74) is 5.99. The summed E-state index contributed by atoms with van der Waals surface area (Å²) in [7, 11) is 0. The van der Waals surface area contributed by atoms with E-state index in [0.717, 1.165) is 4.88 Å². The number of nitro groups is 1. The highest BCUT2D eigenvalue weighted by Crippen LogP contribution is 2.59. The average molecular weight is 212 g/mol. The smallest absolute Gasteiger partial charge is 0.324 e. The van der Waals surface area contributed by atoms with E-state index in [1.807, 2.05) is 6.07 Å². The summed E-state index contributed by atoms with van der Waals surface area (Å²) in [6.07, 6.45) is 0. The molecule has 0 aliphatic heterocycles. The third-order valence-corrected chi connectivity index (χ3v) is 4.13. The first-order valence-corrected chi connectivity index (χ1v) is 5.26. The van der Waals surface area contributed by atoms with E-state index in [1.165, 1.54) is 11.3 Å².